The van der Waals surface area contributed by atoms with Gasteiger partial charge in [0.15, 0.2) is 0 Å². The number of hydrogen-bond acceptors (Lipinski definition) is 2. The Morgan fingerprint density at radius 3 is 2.48 bits per heavy atom. The fraction of sp³-hybridized carbons (Fsp3) is 0.846. The number of alkyl halides is 3. The van der Waals surface area contributed by atoms with Crippen molar-refractivity contribution in [2.24, 2.45) is 5.41 Å². The molecule has 21 heavy (non-hydrogen) atoms. The van der Waals surface area contributed by atoms with Crippen molar-refractivity contribution in [1.29, 1.82) is 0 Å². The van der Waals surface area contributed by atoms with E-state index in [2.05, 4.69) is 0 Å². The molecule has 0 saturated carbocycles. The van der Waals surface area contributed by atoms with Gasteiger partial charge in [-0.2, -0.15) is 13.2 Å². The predicted octanol–water partition coefficient (Wildman–Crippen LogP) is 2.57. The van der Waals surface area contributed by atoms with Gasteiger partial charge in [-0.05, 0) is 19.3 Å². The second-order valence-electron chi connectivity index (χ2n) is 5.61. The first-order valence-electron chi connectivity index (χ1n) is 6.91. The molecule has 1 rings (SSSR count). The van der Waals surface area contributed by atoms with Crippen molar-refractivity contribution in [3.63, 3.8) is 0 Å². The molecular weight excluding hydrogens is 289 g/mol. The fourth-order valence-electron chi connectivity index (χ4n) is 2.84. The van der Waals surface area contributed by atoms with E-state index in [0.29, 0.717) is 37.1 Å². The number of carboxylic acids is 1. The smallest absolute Gasteiger partial charge is 0.406 e. The molecule has 1 fully saturated rings. The molecule has 2 amide bonds. The summed E-state index contributed by atoms with van der Waals surface area (Å²) in [5.41, 5.74) is -1.04. The Balaban J connectivity index is 2.79. The summed E-state index contributed by atoms with van der Waals surface area (Å²) in [6, 6.07) is -0.770. The third-order valence-electron chi connectivity index (χ3n) is 3.77. The van der Waals surface area contributed by atoms with Gasteiger partial charge in [-0.25, -0.2) is 4.79 Å². The minimum Gasteiger partial charge on any atom is -0.481 e. The first-order chi connectivity index (χ1) is 9.61. The zero-order valence-corrected chi connectivity index (χ0v) is 12.2. The summed E-state index contributed by atoms with van der Waals surface area (Å²) < 4.78 is 37.0. The quantitative estimate of drug-likeness (QED) is 0.868. The van der Waals surface area contributed by atoms with Crippen LogP contribution in [0.25, 0.3) is 0 Å². The van der Waals surface area contributed by atoms with Crippen molar-refractivity contribution in [3.05, 3.63) is 0 Å². The van der Waals surface area contributed by atoms with Gasteiger partial charge >= 0.3 is 18.2 Å². The Morgan fingerprint density at radius 2 is 2.00 bits per heavy atom. The molecule has 1 aliphatic rings. The van der Waals surface area contributed by atoms with Gasteiger partial charge in [-0.15, -0.1) is 0 Å². The molecule has 1 heterocycles. The molecular formula is C13H21F3N2O3. The second-order valence-corrected chi connectivity index (χ2v) is 5.61. The molecule has 1 atom stereocenters. The number of amides is 2. The van der Waals surface area contributed by atoms with Gasteiger partial charge in [-0.3, -0.25) is 4.79 Å². The summed E-state index contributed by atoms with van der Waals surface area (Å²) in [5, 5.41) is 9.41. The van der Waals surface area contributed by atoms with Gasteiger partial charge in [0.05, 0.1) is 5.41 Å². The number of carbonyl (C=O) groups excluding carboxylic acids is 1. The van der Waals surface area contributed by atoms with Crippen molar-refractivity contribution in [1.82, 2.24) is 9.80 Å². The molecule has 122 valence electrons. The van der Waals surface area contributed by atoms with E-state index in [0.717, 1.165) is 7.05 Å². The van der Waals surface area contributed by atoms with E-state index < -0.39 is 30.1 Å². The van der Waals surface area contributed by atoms with Gasteiger partial charge < -0.3 is 14.9 Å². The summed E-state index contributed by atoms with van der Waals surface area (Å²) in [4.78, 5) is 25.4. The average molecular weight is 310 g/mol. The zero-order chi connectivity index (χ0) is 16.3. The maximum atomic E-state index is 12.3. The highest BCUT2D eigenvalue weighted by atomic mass is 19.4. The number of nitrogens with zero attached hydrogens (tertiary/aromatic N) is 2. The minimum absolute atomic E-state index is 0.0306. The zero-order valence-electron chi connectivity index (χ0n) is 12.2. The highest BCUT2D eigenvalue weighted by Gasteiger charge is 2.44. The number of hydrogen-bond donors (Lipinski definition) is 1. The van der Waals surface area contributed by atoms with Gasteiger partial charge in [0, 0.05) is 20.1 Å². The molecule has 8 heteroatoms. The fourth-order valence-corrected chi connectivity index (χ4v) is 2.84. The van der Waals surface area contributed by atoms with Crippen molar-refractivity contribution < 1.29 is 27.9 Å². The van der Waals surface area contributed by atoms with Crippen LogP contribution in [0.3, 0.4) is 0 Å². The summed E-state index contributed by atoms with van der Waals surface area (Å²) in [7, 11) is 1.08. The lowest BCUT2D eigenvalue weighted by molar-refractivity contribution is -0.153. The van der Waals surface area contributed by atoms with Crippen LogP contribution in [0.2, 0.25) is 0 Å². The molecule has 0 radical (unpaired) electrons. The lowest BCUT2D eigenvalue weighted by Gasteiger charge is -2.41. The van der Waals surface area contributed by atoms with Crippen LogP contribution >= 0.6 is 0 Å². The van der Waals surface area contributed by atoms with Crippen LogP contribution in [0.15, 0.2) is 0 Å². The first-order valence-corrected chi connectivity index (χ1v) is 6.91. The number of carbonyl (C=O) groups is 2. The Morgan fingerprint density at radius 1 is 1.38 bits per heavy atom. The van der Waals surface area contributed by atoms with Crippen LogP contribution in [0.4, 0.5) is 18.0 Å². The van der Waals surface area contributed by atoms with E-state index >= 15 is 0 Å². The summed E-state index contributed by atoms with van der Waals surface area (Å²) >= 11 is 0. The maximum Gasteiger partial charge on any atom is 0.406 e. The lowest BCUT2D eigenvalue weighted by atomic mass is 9.76. The molecule has 1 saturated heterocycles. The number of likely N-dealkylation sites (tertiary alicyclic amines) is 1. The molecule has 0 aromatic heterocycles. The third-order valence-corrected chi connectivity index (χ3v) is 3.77. The number of carboxylic acid groups (broad SMARTS) is 1. The molecule has 1 N–H and O–H groups in total. The van der Waals surface area contributed by atoms with Gasteiger partial charge in [0.1, 0.15) is 6.54 Å². The van der Waals surface area contributed by atoms with E-state index in [9.17, 15) is 27.9 Å². The highest BCUT2D eigenvalue weighted by molar-refractivity contribution is 5.78. The van der Waals surface area contributed by atoms with Crippen LogP contribution in [0.5, 0.6) is 0 Å². The lowest BCUT2D eigenvalue weighted by Crippen LogP contribution is -2.53. The van der Waals surface area contributed by atoms with E-state index in [4.69, 9.17) is 0 Å². The van der Waals surface area contributed by atoms with Gasteiger partial charge in [0.25, 0.3) is 0 Å². The standard InChI is InChI=1S/C13H21F3N2O3/c1-3-5-12(10(19)20)6-4-7-18(8-12)11(21)17(2)9-13(14,15)16/h3-9H2,1-2H3,(H,19,20). The predicted molar refractivity (Wildman–Crippen MR) is 69.9 cm³/mol. The second kappa shape index (κ2) is 6.53. The van der Waals surface area contributed by atoms with Crippen molar-refractivity contribution in [3.8, 4) is 0 Å². The molecule has 0 aromatic carbocycles. The molecule has 0 spiro atoms. The summed E-state index contributed by atoms with van der Waals surface area (Å²) in [6.45, 7) is 0.772. The average Bonchev–Trinajstić information content (AvgIpc) is 2.36. The van der Waals surface area contributed by atoms with Crippen LogP contribution in [-0.2, 0) is 4.79 Å². The molecule has 0 bridgehead atoms. The van der Waals surface area contributed by atoms with Crippen LogP contribution in [-0.4, -0.2) is 59.8 Å². The van der Waals surface area contributed by atoms with E-state index in [-0.39, 0.29) is 6.54 Å². The number of urea groups is 1. The summed E-state index contributed by atoms with van der Waals surface area (Å²) in [6.07, 6.45) is -2.48. The first kappa shape index (κ1) is 17.6. The number of aliphatic carboxylic acids is 1. The van der Waals surface area contributed by atoms with Crippen LogP contribution in [0.1, 0.15) is 32.6 Å². The Hall–Kier alpha value is -1.47. The third kappa shape index (κ3) is 4.50. The molecule has 0 aromatic rings. The van der Waals surface area contributed by atoms with Crippen molar-refractivity contribution in [2.75, 3.05) is 26.7 Å². The summed E-state index contributed by atoms with van der Waals surface area (Å²) in [5.74, 6) is -0.986. The number of rotatable bonds is 4. The number of halogens is 3. The minimum atomic E-state index is -4.46. The van der Waals surface area contributed by atoms with E-state index in [1.807, 2.05) is 6.92 Å². The van der Waals surface area contributed by atoms with Gasteiger partial charge in [0.2, 0.25) is 0 Å². The highest BCUT2D eigenvalue weighted by Crippen LogP contribution is 2.35. The van der Waals surface area contributed by atoms with Gasteiger partial charge in [-0.1, -0.05) is 13.3 Å². The molecule has 1 unspecified atom stereocenters. The van der Waals surface area contributed by atoms with Crippen LogP contribution in [0, 0.1) is 5.41 Å². The molecule has 0 aliphatic carbocycles. The van der Waals surface area contributed by atoms with Crippen molar-refractivity contribution >= 4 is 12.0 Å². The monoisotopic (exact) mass is 310 g/mol. The topological polar surface area (TPSA) is 60.9 Å². The Labute approximate surface area is 121 Å². The Kier molecular flexibility index (Phi) is 5.47. The van der Waals surface area contributed by atoms with E-state index in [1.54, 1.807) is 0 Å². The molecule has 5 nitrogen and oxygen atoms in total. The van der Waals surface area contributed by atoms with E-state index in [1.165, 1.54) is 4.90 Å². The Bertz CT molecular complexity index is 397. The SMILES string of the molecule is CCCC1(C(=O)O)CCCN(C(=O)N(C)CC(F)(F)F)C1. The molecule has 1 aliphatic heterocycles. The maximum absolute atomic E-state index is 12.3. The van der Waals surface area contributed by atoms with Crippen LogP contribution < -0.4 is 0 Å². The van der Waals surface area contributed by atoms with Crippen molar-refractivity contribution in [2.45, 2.75) is 38.8 Å². The largest absolute Gasteiger partial charge is 0.481 e. The normalized spacial score (nSPS) is 23.0. The number of piperidine rings is 1.